The minimum Gasteiger partial charge on any atom is -0.302 e. The number of carbonyl (C=O) groups excluding carboxylic acids is 4. The monoisotopic (exact) mass is 199 g/mol. The Balaban J connectivity index is 3.10. The lowest BCUT2D eigenvalue weighted by Gasteiger charge is -2.33. The number of nitrogens with one attached hydrogen (secondary N) is 3. The normalized spacial score (nSPS) is 19.0. The molecular formula is C7H9N3O4. The van der Waals surface area contributed by atoms with E-state index in [4.69, 9.17) is 0 Å². The standard InChI is InChI=1S/C7H9N3O4/c1-3(11)7(4(2)12)9-5(13)8-6(14)10-7/h1-2H3,(H3,8,9,10,13,14). The molecule has 0 spiro atoms. The number of ketones is 2. The number of hydrogen-bond donors (Lipinski definition) is 3. The Hall–Kier alpha value is -1.92. The van der Waals surface area contributed by atoms with Gasteiger partial charge in [-0.25, -0.2) is 9.59 Å². The first-order valence-electron chi connectivity index (χ1n) is 3.82. The van der Waals surface area contributed by atoms with Crippen molar-refractivity contribution in [1.29, 1.82) is 0 Å². The Morgan fingerprint density at radius 3 is 1.64 bits per heavy atom. The average Bonchev–Trinajstić information content (AvgIpc) is 2.01. The average molecular weight is 199 g/mol. The smallest absolute Gasteiger partial charge is 0.302 e. The number of Topliss-reactive ketones (excluding diaryl/α,β-unsaturated/α-hetero) is 2. The van der Waals surface area contributed by atoms with Crippen LogP contribution >= 0.6 is 0 Å². The van der Waals surface area contributed by atoms with Gasteiger partial charge in [-0.3, -0.25) is 14.9 Å². The molecule has 4 amide bonds. The molecule has 1 saturated heterocycles. The molecule has 1 heterocycles. The van der Waals surface area contributed by atoms with Gasteiger partial charge in [0.2, 0.25) is 5.66 Å². The first-order valence-corrected chi connectivity index (χ1v) is 3.82. The zero-order valence-electron chi connectivity index (χ0n) is 7.63. The molecule has 1 fully saturated rings. The van der Waals surface area contributed by atoms with Gasteiger partial charge in [-0.2, -0.15) is 0 Å². The van der Waals surface area contributed by atoms with Gasteiger partial charge in [0.05, 0.1) is 0 Å². The van der Waals surface area contributed by atoms with Gasteiger partial charge in [0.15, 0.2) is 11.6 Å². The van der Waals surface area contributed by atoms with Gasteiger partial charge >= 0.3 is 12.1 Å². The third-order valence-electron chi connectivity index (χ3n) is 1.89. The maximum absolute atomic E-state index is 11.2. The molecule has 1 aliphatic heterocycles. The quantitative estimate of drug-likeness (QED) is 0.490. The highest BCUT2D eigenvalue weighted by molar-refractivity contribution is 6.16. The molecule has 7 nitrogen and oxygen atoms in total. The van der Waals surface area contributed by atoms with Crippen LogP contribution in [-0.4, -0.2) is 29.3 Å². The maximum Gasteiger partial charge on any atom is 0.325 e. The summed E-state index contributed by atoms with van der Waals surface area (Å²) in [6.07, 6.45) is 0. The summed E-state index contributed by atoms with van der Waals surface area (Å²) >= 11 is 0. The molecule has 7 heteroatoms. The summed E-state index contributed by atoms with van der Waals surface area (Å²) in [6.45, 7) is 2.21. The lowest BCUT2D eigenvalue weighted by atomic mass is 10.0. The van der Waals surface area contributed by atoms with E-state index in [9.17, 15) is 19.2 Å². The summed E-state index contributed by atoms with van der Waals surface area (Å²) in [5, 5.41) is 6.00. The van der Waals surface area contributed by atoms with Crippen molar-refractivity contribution in [1.82, 2.24) is 16.0 Å². The molecule has 3 N–H and O–H groups in total. The molecular weight excluding hydrogens is 190 g/mol. The van der Waals surface area contributed by atoms with Gasteiger partial charge in [-0.1, -0.05) is 0 Å². The van der Waals surface area contributed by atoms with Crippen LogP contribution in [-0.2, 0) is 9.59 Å². The molecule has 0 saturated carbocycles. The highest BCUT2D eigenvalue weighted by atomic mass is 16.2. The van der Waals surface area contributed by atoms with Crippen molar-refractivity contribution in [3.63, 3.8) is 0 Å². The molecule has 76 valence electrons. The fourth-order valence-electron chi connectivity index (χ4n) is 1.14. The molecule has 0 aromatic rings. The van der Waals surface area contributed by atoms with E-state index in [1.165, 1.54) is 0 Å². The van der Waals surface area contributed by atoms with E-state index in [0.717, 1.165) is 13.8 Å². The topological polar surface area (TPSA) is 104 Å². The fourth-order valence-corrected chi connectivity index (χ4v) is 1.14. The van der Waals surface area contributed by atoms with Gasteiger partial charge in [-0.15, -0.1) is 0 Å². The Kier molecular flexibility index (Phi) is 2.24. The summed E-state index contributed by atoms with van der Waals surface area (Å²) in [7, 11) is 0. The zero-order valence-corrected chi connectivity index (χ0v) is 7.63. The molecule has 0 atom stereocenters. The highest BCUT2D eigenvalue weighted by Crippen LogP contribution is 2.06. The van der Waals surface area contributed by atoms with Crippen molar-refractivity contribution < 1.29 is 19.2 Å². The number of hydrogen-bond acceptors (Lipinski definition) is 4. The Morgan fingerprint density at radius 1 is 1.00 bits per heavy atom. The summed E-state index contributed by atoms with van der Waals surface area (Å²) in [4.78, 5) is 44.2. The van der Waals surface area contributed by atoms with Crippen LogP contribution in [0.25, 0.3) is 0 Å². The number of carbonyl (C=O) groups is 4. The van der Waals surface area contributed by atoms with Crippen LogP contribution in [0.15, 0.2) is 0 Å². The van der Waals surface area contributed by atoms with Crippen LogP contribution in [0.2, 0.25) is 0 Å². The second-order valence-electron chi connectivity index (χ2n) is 2.90. The molecule has 0 aliphatic carbocycles. The third kappa shape index (κ3) is 1.43. The van der Waals surface area contributed by atoms with Crippen molar-refractivity contribution in [3.05, 3.63) is 0 Å². The molecule has 0 radical (unpaired) electrons. The summed E-state index contributed by atoms with van der Waals surface area (Å²) in [5.74, 6) is -1.29. The van der Waals surface area contributed by atoms with Crippen molar-refractivity contribution in [2.45, 2.75) is 19.5 Å². The maximum atomic E-state index is 11.2. The summed E-state index contributed by atoms with van der Waals surface area (Å²) < 4.78 is 0. The first kappa shape index (κ1) is 10.2. The molecule has 1 aliphatic rings. The molecule has 0 aromatic carbocycles. The Bertz CT molecular complexity index is 304. The minimum absolute atomic E-state index is 0.645. The minimum atomic E-state index is -1.92. The van der Waals surface area contributed by atoms with Crippen LogP contribution in [0.5, 0.6) is 0 Å². The van der Waals surface area contributed by atoms with Crippen LogP contribution in [0.1, 0.15) is 13.8 Å². The summed E-state index contributed by atoms with van der Waals surface area (Å²) in [6, 6.07) is -1.75. The van der Waals surface area contributed by atoms with E-state index in [2.05, 4.69) is 10.6 Å². The molecule has 14 heavy (non-hydrogen) atoms. The van der Waals surface area contributed by atoms with Crippen LogP contribution in [0, 0.1) is 0 Å². The van der Waals surface area contributed by atoms with Crippen molar-refractivity contribution >= 4 is 23.6 Å². The van der Waals surface area contributed by atoms with Gasteiger partial charge < -0.3 is 10.6 Å². The van der Waals surface area contributed by atoms with E-state index >= 15 is 0 Å². The van der Waals surface area contributed by atoms with Crippen molar-refractivity contribution in [3.8, 4) is 0 Å². The first-order chi connectivity index (χ1) is 6.38. The number of rotatable bonds is 2. The van der Waals surface area contributed by atoms with E-state index < -0.39 is 29.3 Å². The Labute approximate surface area is 79.2 Å². The molecule has 0 bridgehead atoms. The number of amides is 4. The Morgan fingerprint density at radius 2 is 1.36 bits per heavy atom. The second kappa shape index (κ2) is 3.09. The van der Waals surface area contributed by atoms with E-state index in [1.54, 1.807) is 0 Å². The van der Waals surface area contributed by atoms with Crippen LogP contribution in [0.4, 0.5) is 9.59 Å². The summed E-state index contributed by atoms with van der Waals surface area (Å²) in [5.41, 5.74) is -1.92. The molecule has 1 rings (SSSR count). The van der Waals surface area contributed by atoms with Crippen LogP contribution in [0.3, 0.4) is 0 Å². The van der Waals surface area contributed by atoms with Gasteiger partial charge in [-0.05, 0) is 13.8 Å². The van der Waals surface area contributed by atoms with Gasteiger partial charge in [0.1, 0.15) is 0 Å². The zero-order chi connectivity index (χ0) is 10.9. The number of imide groups is 1. The van der Waals surface area contributed by atoms with E-state index in [0.29, 0.717) is 0 Å². The molecule has 0 unspecified atom stereocenters. The van der Waals surface area contributed by atoms with Gasteiger partial charge in [0, 0.05) is 0 Å². The largest absolute Gasteiger partial charge is 0.325 e. The highest BCUT2D eigenvalue weighted by Gasteiger charge is 2.46. The predicted molar refractivity (Wildman–Crippen MR) is 44.3 cm³/mol. The fraction of sp³-hybridized carbons (Fsp3) is 0.429. The SMILES string of the molecule is CC(=O)C1(C(C)=O)NC(=O)NC(=O)N1. The lowest BCUT2D eigenvalue weighted by molar-refractivity contribution is -0.135. The third-order valence-corrected chi connectivity index (χ3v) is 1.89. The molecule has 0 aromatic heterocycles. The van der Waals surface area contributed by atoms with E-state index in [1.807, 2.05) is 5.32 Å². The van der Waals surface area contributed by atoms with Crippen molar-refractivity contribution in [2.24, 2.45) is 0 Å². The lowest BCUT2D eigenvalue weighted by Crippen LogP contribution is -2.76. The van der Waals surface area contributed by atoms with E-state index in [-0.39, 0.29) is 0 Å². The van der Waals surface area contributed by atoms with Crippen LogP contribution < -0.4 is 16.0 Å². The number of urea groups is 2. The van der Waals surface area contributed by atoms with Gasteiger partial charge in [0.25, 0.3) is 0 Å². The second-order valence-corrected chi connectivity index (χ2v) is 2.90. The predicted octanol–water partition coefficient (Wildman–Crippen LogP) is -1.12. The van der Waals surface area contributed by atoms with Crippen molar-refractivity contribution in [2.75, 3.05) is 0 Å².